The molecule has 2 heterocycles. The van der Waals surface area contributed by atoms with Crippen molar-refractivity contribution in [1.29, 1.82) is 0 Å². The molecule has 3 rings (SSSR count). The summed E-state index contributed by atoms with van der Waals surface area (Å²) in [6.45, 7) is 1.75. The Morgan fingerprint density at radius 1 is 1.22 bits per heavy atom. The summed E-state index contributed by atoms with van der Waals surface area (Å²) in [6.07, 6.45) is 2.82. The summed E-state index contributed by atoms with van der Waals surface area (Å²) in [5, 5.41) is 6.34. The van der Waals surface area contributed by atoms with E-state index in [1.165, 1.54) is 17.7 Å². The Hall–Kier alpha value is -2.01. The van der Waals surface area contributed by atoms with Gasteiger partial charge in [0.05, 0.1) is 5.69 Å². The summed E-state index contributed by atoms with van der Waals surface area (Å²) in [6, 6.07) is 6.14. The molecule has 1 aliphatic heterocycles. The van der Waals surface area contributed by atoms with Crippen LogP contribution < -0.4 is 10.6 Å². The third-order valence-electron chi connectivity index (χ3n) is 2.92. The van der Waals surface area contributed by atoms with Crippen LogP contribution in [0.5, 0.6) is 0 Å². The van der Waals surface area contributed by atoms with E-state index in [0.29, 0.717) is 5.95 Å². The van der Waals surface area contributed by atoms with Crippen molar-refractivity contribution in [3.8, 4) is 0 Å². The first-order valence-corrected chi connectivity index (χ1v) is 5.89. The molecule has 0 fully saturated rings. The van der Waals surface area contributed by atoms with Crippen LogP contribution in [0, 0.1) is 5.82 Å². The van der Waals surface area contributed by atoms with Gasteiger partial charge in [-0.1, -0.05) is 0 Å². The molecule has 0 saturated heterocycles. The van der Waals surface area contributed by atoms with Gasteiger partial charge in [-0.25, -0.2) is 14.4 Å². The number of rotatable bonds is 2. The number of nitrogens with zero attached hydrogens (tertiary/aromatic N) is 2. The second kappa shape index (κ2) is 4.70. The van der Waals surface area contributed by atoms with Crippen molar-refractivity contribution in [2.24, 2.45) is 0 Å². The molecule has 2 N–H and O–H groups in total. The smallest absolute Gasteiger partial charge is 0.227 e. The van der Waals surface area contributed by atoms with E-state index in [-0.39, 0.29) is 5.82 Å². The molecule has 1 aliphatic rings. The standard InChI is InChI=1S/C13H13FN4/c14-10-1-3-11(4-2-10)17-13-16-7-9-5-6-15-8-12(9)18-13/h1-4,7,15H,5-6,8H2,(H,16,17,18). The summed E-state index contributed by atoms with van der Waals surface area (Å²) >= 11 is 0. The van der Waals surface area contributed by atoms with Crippen molar-refractivity contribution >= 4 is 11.6 Å². The minimum Gasteiger partial charge on any atom is -0.324 e. The molecule has 0 radical (unpaired) electrons. The molecule has 1 aromatic carbocycles. The number of halogens is 1. The van der Waals surface area contributed by atoms with E-state index in [0.717, 1.165) is 30.9 Å². The molecule has 18 heavy (non-hydrogen) atoms. The van der Waals surface area contributed by atoms with E-state index in [9.17, 15) is 4.39 Å². The molecule has 0 aliphatic carbocycles. The van der Waals surface area contributed by atoms with Crippen molar-refractivity contribution in [2.45, 2.75) is 13.0 Å². The lowest BCUT2D eigenvalue weighted by atomic mass is 10.1. The van der Waals surface area contributed by atoms with Crippen LogP contribution in [0.3, 0.4) is 0 Å². The summed E-state index contributed by atoms with van der Waals surface area (Å²) in [7, 11) is 0. The van der Waals surface area contributed by atoms with Crippen LogP contribution in [-0.2, 0) is 13.0 Å². The van der Waals surface area contributed by atoms with Crippen LogP contribution in [-0.4, -0.2) is 16.5 Å². The maximum atomic E-state index is 12.8. The van der Waals surface area contributed by atoms with Crippen LogP contribution >= 0.6 is 0 Å². The molecule has 0 atom stereocenters. The van der Waals surface area contributed by atoms with Crippen molar-refractivity contribution in [3.63, 3.8) is 0 Å². The minimum atomic E-state index is -0.254. The largest absolute Gasteiger partial charge is 0.324 e. The maximum Gasteiger partial charge on any atom is 0.227 e. The van der Waals surface area contributed by atoms with Gasteiger partial charge >= 0.3 is 0 Å². The van der Waals surface area contributed by atoms with Crippen LogP contribution in [0.1, 0.15) is 11.3 Å². The van der Waals surface area contributed by atoms with Crippen molar-refractivity contribution in [1.82, 2.24) is 15.3 Å². The highest BCUT2D eigenvalue weighted by Crippen LogP contribution is 2.16. The molecule has 1 aromatic heterocycles. The first kappa shape index (κ1) is 11.1. The normalized spacial score (nSPS) is 14.1. The van der Waals surface area contributed by atoms with Crippen LogP contribution in [0.4, 0.5) is 16.0 Å². The summed E-state index contributed by atoms with van der Waals surface area (Å²) < 4.78 is 12.8. The van der Waals surface area contributed by atoms with E-state index in [4.69, 9.17) is 0 Å². The zero-order chi connectivity index (χ0) is 12.4. The molecule has 5 heteroatoms. The topological polar surface area (TPSA) is 49.8 Å². The summed E-state index contributed by atoms with van der Waals surface area (Å²) in [5.41, 5.74) is 3.00. The monoisotopic (exact) mass is 244 g/mol. The lowest BCUT2D eigenvalue weighted by Gasteiger charge is -2.16. The van der Waals surface area contributed by atoms with Crippen molar-refractivity contribution in [2.75, 3.05) is 11.9 Å². The highest BCUT2D eigenvalue weighted by Gasteiger charge is 2.11. The number of anilines is 2. The number of aromatic nitrogens is 2. The predicted octanol–water partition coefficient (Wildman–Crippen LogP) is 2.00. The predicted molar refractivity (Wildman–Crippen MR) is 67.1 cm³/mol. The molecule has 92 valence electrons. The molecular weight excluding hydrogens is 231 g/mol. The van der Waals surface area contributed by atoms with Crippen molar-refractivity contribution in [3.05, 3.63) is 47.5 Å². The quantitative estimate of drug-likeness (QED) is 0.848. The molecule has 2 aromatic rings. The van der Waals surface area contributed by atoms with Gasteiger partial charge in [-0.15, -0.1) is 0 Å². The SMILES string of the molecule is Fc1ccc(Nc2ncc3c(n2)CNCC3)cc1. The molecular formula is C13H13FN4. The average Bonchev–Trinajstić information content (AvgIpc) is 2.41. The van der Waals surface area contributed by atoms with Gasteiger partial charge in [0.2, 0.25) is 5.95 Å². The van der Waals surface area contributed by atoms with Gasteiger partial charge in [-0.05, 0) is 42.8 Å². The van der Waals surface area contributed by atoms with Gasteiger partial charge in [0, 0.05) is 18.4 Å². The number of nitrogens with one attached hydrogen (secondary N) is 2. The van der Waals surface area contributed by atoms with Gasteiger partial charge in [0.1, 0.15) is 5.82 Å². The van der Waals surface area contributed by atoms with Gasteiger partial charge in [0.25, 0.3) is 0 Å². The summed E-state index contributed by atoms with van der Waals surface area (Å²) in [4.78, 5) is 8.72. The van der Waals surface area contributed by atoms with E-state index >= 15 is 0 Å². The lowest BCUT2D eigenvalue weighted by molar-refractivity contribution is 0.624. The molecule has 0 saturated carbocycles. The molecule has 4 nitrogen and oxygen atoms in total. The van der Waals surface area contributed by atoms with E-state index < -0.39 is 0 Å². The molecule has 0 bridgehead atoms. The Morgan fingerprint density at radius 2 is 2.06 bits per heavy atom. The Balaban J connectivity index is 1.82. The third kappa shape index (κ3) is 2.31. The third-order valence-corrected chi connectivity index (χ3v) is 2.92. The van der Waals surface area contributed by atoms with Gasteiger partial charge in [0.15, 0.2) is 0 Å². The zero-order valence-electron chi connectivity index (χ0n) is 9.78. The second-order valence-corrected chi connectivity index (χ2v) is 4.22. The highest BCUT2D eigenvalue weighted by atomic mass is 19.1. The number of fused-ring (bicyclic) bond motifs is 1. The van der Waals surface area contributed by atoms with Gasteiger partial charge in [-0.2, -0.15) is 0 Å². The Morgan fingerprint density at radius 3 is 2.89 bits per heavy atom. The Kier molecular flexibility index (Phi) is 2.90. The molecule has 0 amide bonds. The minimum absolute atomic E-state index is 0.254. The van der Waals surface area contributed by atoms with Gasteiger partial charge < -0.3 is 10.6 Å². The van der Waals surface area contributed by atoms with Crippen LogP contribution in [0.15, 0.2) is 30.5 Å². The number of hydrogen-bond acceptors (Lipinski definition) is 4. The second-order valence-electron chi connectivity index (χ2n) is 4.22. The first-order chi connectivity index (χ1) is 8.81. The highest BCUT2D eigenvalue weighted by molar-refractivity contribution is 5.53. The number of hydrogen-bond donors (Lipinski definition) is 2. The van der Waals surface area contributed by atoms with E-state index in [1.807, 2.05) is 6.20 Å². The lowest BCUT2D eigenvalue weighted by Crippen LogP contribution is -2.25. The molecule has 0 spiro atoms. The van der Waals surface area contributed by atoms with Gasteiger partial charge in [-0.3, -0.25) is 0 Å². The maximum absolute atomic E-state index is 12.8. The van der Waals surface area contributed by atoms with Crippen molar-refractivity contribution < 1.29 is 4.39 Å². The first-order valence-electron chi connectivity index (χ1n) is 5.89. The van der Waals surface area contributed by atoms with Crippen LogP contribution in [0.2, 0.25) is 0 Å². The average molecular weight is 244 g/mol. The van der Waals surface area contributed by atoms with E-state index in [1.54, 1.807) is 12.1 Å². The molecule has 0 unspecified atom stereocenters. The Labute approximate surface area is 104 Å². The number of benzene rings is 1. The fourth-order valence-corrected chi connectivity index (χ4v) is 1.96. The van der Waals surface area contributed by atoms with E-state index in [2.05, 4.69) is 20.6 Å². The fourth-order valence-electron chi connectivity index (χ4n) is 1.96. The zero-order valence-corrected chi connectivity index (χ0v) is 9.78. The summed E-state index contributed by atoms with van der Waals surface area (Å²) in [5.74, 6) is 0.292. The fraction of sp³-hybridized carbons (Fsp3) is 0.231. The van der Waals surface area contributed by atoms with Crippen LogP contribution in [0.25, 0.3) is 0 Å². The Bertz CT molecular complexity index is 553.